The maximum absolute atomic E-state index is 10.5. The van der Waals surface area contributed by atoms with Crippen molar-refractivity contribution in [3.05, 3.63) is 44.1 Å². The van der Waals surface area contributed by atoms with Gasteiger partial charge in [0, 0.05) is 23.5 Å². The summed E-state index contributed by atoms with van der Waals surface area (Å²) in [6.45, 7) is 1.93. The van der Waals surface area contributed by atoms with Crippen LogP contribution in [0.25, 0.3) is 0 Å². The lowest BCUT2D eigenvalue weighted by Gasteiger charge is -2.15. The molecule has 20 heavy (non-hydrogen) atoms. The van der Waals surface area contributed by atoms with E-state index in [0.717, 1.165) is 25.9 Å². The summed E-state index contributed by atoms with van der Waals surface area (Å²) in [5, 5.41) is 14.8. The third kappa shape index (κ3) is 3.07. The third-order valence-electron chi connectivity index (χ3n) is 3.20. The molecule has 0 aliphatic carbocycles. The van der Waals surface area contributed by atoms with Crippen LogP contribution < -0.4 is 4.74 Å². The molecule has 1 aromatic heterocycles. The van der Waals surface area contributed by atoms with Crippen LogP contribution in [0.5, 0.6) is 5.75 Å². The van der Waals surface area contributed by atoms with E-state index >= 15 is 0 Å². The standard InChI is InChI=1S/C14H16Br2N2O2/c1-8-14(16)11(18(2)17-8)7-12(19)10-5-4-9(15)6-13(10)20-3/h4-6,12,19H,7H2,1-3H3. The van der Waals surface area contributed by atoms with E-state index in [1.54, 1.807) is 11.8 Å². The Kier molecular flexibility index (Phi) is 4.88. The molecule has 0 fully saturated rings. The minimum Gasteiger partial charge on any atom is -0.496 e. The number of nitrogens with zero attached hydrogens (tertiary/aromatic N) is 2. The first-order valence-corrected chi connectivity index (χ1v) is 7.72. The van der Waals surface area contributed by atoms with Gasteiger partial charge in [0.05, 0.1) is 29.1 Å². The molecule has 1 aromatic carbocycles. The molecule has 2 aromatic rings. The summed E-state index contributed by atoms with van der Waals surface area (Å²) >= 11 is 6.91. The van der Waals surface area contributed by atoms with Gasteiger partial charge in [0.25, 0.3) is 0 Å². The van der Waals surface area contributed by atoms with Crippen LogP contribution in [0.15, 0.2) is 27.1 Å². The van der Waals surface area contributed by atoms with Crippen molar-refractivity contribution >= 4 is 31.9 Å². The van der Waals surface area contributed by atoms with Crippen LogP contribution in [0.4, 0.5) is 0 Å². The fourth-order valence-corrected chi connectivity index (χ4v) is 2.99. The van der Waals surface area contributed by atoms with Crippen LogP contribution in [0.1, 0.15) is 23.1 Å². The smallest absolute Gasteiger partial charge is 0.125 e. The molecule has 1 heterocycles. The van der Waals surface area contributed by atoms with Gasteiger partial charge in [-0.3, -0.25) is 4.68 Å². The average molecular weight is 404 g/mol. The van der Waals surface area contributed by atoms with Crippen molar-refractivity contribution in [3.8, 4) is 5.75 Å². The molecular formula is C14H16Br2N2O2. The zero-order chi connectivity index (χ0) is 14.9. The van der Waals surface area contributed by atoms with E-state index < -0.39 is 6.10 Å². The normalized spacial score (nSPS) is 12.5. The number of rotatable bonds is 4. The van der Waals surface area contributed by atoms with Crippen LogP contribution in [0.2, 0.25) is 0 Å². The summed E-state index contributed by atoms with van der Waals surface area (Å²) in [6, 6.07) is 5.61. The molecule has 0 bridgehead atoms. The largest absolute Gasteiger partial charge is 0.496 e. The van der Waals surface area contributed by atoms with Crippen LogP contribution >= 0.6 is 31.9 Å². The van der Waals surface area contributed by atoms with Crippen molar-refractivity contribution in [2.45, 2.75) is 19.4 Å². The number of aliphatic hydroxyl groups is 1. The van der Waals surface area contributed by atoms with Crippen molar-refractivity contribution in [2.75, 3.05) is 7.11 Å². The van der Waals surface area contributed by atoms with Gasteiger partial charge in [0.2, 0.25) is 0 Å². The SMILES string of the molecule is COc1cc(Br)ccc1C(O)Cc1c(Br)c(C)nn1C. The van der Waals surface area contributed by atoms with E-state index in [4.69, 9.17) is 4.74 Å². The van der Waals surface area contributed by atoms with E-state index in [-0.39, 0.29) is 0 Å². The molecular weight excluding hydrogens is 388 g/mol. The Morgan fingerprint density at radius 1 is 1.40 bits per heavy atom. The first-order valence-electron chi connectivity index (χ1n) is 6.13. The van der Waals surface area contributed by atoms with Gasteiger partial charge >= 0.3 is 0 Å². The number of hydrogen-bond acceptors (Lipinski definition) is 3. The van der Waals surface area contributed by atoms with Crippen LogP contribution in [-0.4, -0.2) is 22.0 Å². The molecule has 1 unspecified atom stereocenters. The molecule has 0 aliphatic heterocycles. The monoisotopic (exact) mass is 402 g/mol. The number of hydrogen-bond donors (Lipinski definition) is 1. The van der Waals surface area contributed by atoms with Crippen molar-refractivity contribution < 1.29 is 9.84 Å². The molecule has 0 radical (unpaired) electrons. The summed E-state index contributed by atoms with van der Waals surface area (Å²) in [4.78, 5) is 0. The highest BCUT2D eigenvalue weighted by Gasteiger charge is 2.19. The van der Waals surface area contributed by atoms with Gasteiger partial charge < -0.3 is 9.84 Å². The molecule has 6 heteroatoms. The summed E-state index contributed by atoms with van der Waals surface area (Å²) < 4.78 is 8.97. The highest BCUT2D eigenvalue weighted by molar-refractivity contribution is 9.10. The predicted molar refractivity (Wildman–Crippen MR) is 85.0 cm³/mol. The van der Waals surface area contributed by atoms with Crippen molar-refractivity contribution in [2.24, 2.45) is 7.05 Å². The summed E-state index contributed by atoms with van der Waals surface area (Å²) in [6.07, 6.45) is -0.181. The third-order valence-corrected chi connectivity index (χ3v) is 4.73. The number of ether oxygens (including phenoxy) is 1. The van der Waals surface area contributed by atoms with Crippen LogP contribution in [0.3, 0.4) is 0 Å². The van der Waals surface area contributed by atoms with E-state index in [1.165, 1.54) is 0 Å². The van der Waals surface area contributed by atoms with Gasteiger partial charge in [-0.15, -0.1) is 0 Å². The fourth-order valence-electron chi connectivity index (χ4n) is 2.16. The number of aryl methyl sites for hydroxylation is 2. The molecule has 0 saturated heterocycles. The Bertz CT molecular complexity index is 626. The Balaban J connectivity index is 2.30. The van der Waals surface area contributed by atoms with E-state index in [1.807, 2.05) is 32.2 Å². The number of aliphatic hydroxyl groups excluding tert-OH is 1. The fraction of sp³-hybridized carbons (Fsp3) is 0.357. The summed E-state index contributed by atoms with van der Waals surface area (Å²) in [5.41, 5.74) is 2.64. The summed E-state index contributed by atoms with van der Waals surface area (Å²) in [5.74, 6) is 0.668. The van der Waals surface area contributed by atoms with Gasteiger partial charge in [0.15, 0.2) is 0 Å². The van der Waals surface area contributed by atoms with E-state index in [2.05, 4.69) is 37.0 Å². The number of aromatic nitrogens is 2. The summed E-state index contributed by atoms with van der Waals surface area (Å²) in [7, 11) is 3.47. The zero-order valence-corrected chi connectivity index (χ0v) is 14.7. The Morgan fingerprint density at radius 3 is 2.65 bits per heavy atom. The number of methoxy groups -OCH3 is 1. The van der Waals surface area contributed by atoms with Crippen molar-refractivity contribution in [3.63, 3.8) is 0 Å². The maximum Gasteiger partial charge on any atom is 0.125 e. The molecule has 0 amide bonds. The van der Waals surface area contributed by atoms with Gasteiger partial charge in [-0.2, -0.15) is 5.10 Å². The lowest BCUT2D eigenvalue weighted by Crippen LogP contribution is -2.08. The predicted octanol–water partition coefficient (Wildman–Crippen LogP) is 3.54. The van der Waals surface area contributed by atoms with Crippen molar-refractivity contribution in [1.82, 2.24) is 9.78 Å². The number of benzene rings is 1. The van der Waals surface area contributed by atoms with Gasteiger partial charge in [0.1, 0.15) is 5.75 Å². The first kappa shape index (κ1) is 15.5. The molecule has 108 valence electrons. The lowest BCUT2D eigenvalue weighted by molar-refractivity contribution is 0.171. The molecule has 2 rings (SSSR count). The highest BCUT2D eigenvalue weighted by Crippen LogP contribution is 2.32. The maximum atomic E-state index is 10.5. The second-order valence-electron chi connectivity index (χ2n) is 4.58. The molecule has 0 spiro atoms. The minimum absolute atomic E-state index is 0.468. The van der Waals surface area contributed by atoms with Crippen molar-refractivity contribution in [1.29, 1.82) is 0 Å². The number of halogens is 2. The Morgan fingerprint density at radius 2 is 2.10 bits per heavy atom. The van der Waals surface area contributed by atoms with Crippen LogP contribution in [0, 0.1) is 6.92 Å². The van der Waals surface area contributed by atoms with Gasteiger partial charge in [-0.05, 0) is 35.0 Å². The van der Waals surface area contributed by atoms with E-state index in [9.17, 15) is 5.11 Å². The van der Waals surface area contributed by atoms with Crippen LogP contribution in [-0.2, 0) is 13.5 Å². The average Bonchev–Trinajstić information content (AvgIpc) is 2.65. The lowest BCUT2D eigenvalue weighted by atomic mass is 10.0. The van der Waals surface area contributed by atoms with E-state index in [0.29, 0.717) is 12.2 Å². The molecule has 0 aliphatic rings. The quantitative estimate of drug-likeness (QED) is 0.849. The first-order chi connectivity index (χ1) is 9.43. The molecule has 0 saturated carbocycles. The second-order valence-corrected chi connectivity index (χ2v) is 6.28. The molecule has 4 nitrogen and oxygen atoms in total. The Hall–Kier alpha value is -0.850. The zero-order valence-electron chi connectivity index (χ0n) is 11.5. The van der Waals surface area contributed by atoms with Gasteiger partial charge in [-0.1, -0.05) is 22.0 Å². The highest BCUT2D eigenvalue weighted by atomic mass is 79.9. The second kappa shape index (κ2) is 6.28. The minimum atomic E-state index is -0.649. The molecule has 1 N–H and O–H groups in total. The topological polar surface area (TPSA) is 47.3 Å². The molecule has 1 atom stereocenters. The Labute approximate surface area is 135 Å². The van der Waals surface area contributed by atoms with Gasteiger partial charge in [-0.25, -0.2) is 0 Å².